The van der Waals surface area contributed by atoms with E-state index in [4.69, 9.17) is 0 Å². The molecule has 2 heterocycles. The lowest BCUT2D eigenvalue weighted by Crippen LogP contribution is -2.57. The van der Waals surface area contributed by atoms with E-state index < -0.39 is 0 Å². The molecule has 1 fully saturated rings. The number of hydrogen-bond donors (Lipinski definition) is 3. The zero-order valence-electron chi connectivity index (χ0n) is 10.5. The Balaban J connectivity index is 1.83. The largest absolute Gasteiger partial charge is 0.353 e. The Kier molecular flexibility index (Phi) is 3.98. The summed E-state index contributed by atoms with van der Waals surface area (Å²) >= 11 is 1.70. The number of nitrogens with one attached hydrogen (secondary N) is 3. The predicted molar refractivity (Wildman–Crippen MR) is 70.4 cm³/mol. The van der Waals surface area contributed by atoms with Crippen LogP contribution >= 0.6 is 11.3 Å². The first-order chi connectivity index (χ1) is 8.56. The van der Waals surface area contributed by atoms with Gasteiger partial charge in [-0.1, -0.05) is 0 Å². The lowest BCUT2D eigenvalue weighted by atomic mass is 10.2. The molecule has 2 rings (SSSR count). The van der Waals surface area contributed by atoms with Crippen LogP contribution in [0.3, 0.4) is 0 Å². The average molecular weight is 267 g/mol. The van der Waals surface area contributed by atoms with Crippen LogP contribution < -0.4 is 16.0 Å². The van der Waals surface area contributed by atoms with Crippen molar-refractivity contribution in [1.29, 1.82) is 0 Å². The number of hydrogen-bond acceptors (Lipinski definition) is 4. The van der Waals surface area contributed by atoms with Crippen molar-refractivity contribution >= 4 is 23.2 Å². The van der Waals surface area contributed by atoms with E-state index in [-0.39, 0.29) is 24.4 Å². The Morgan fingerprint density at radius 3 is 2.89 bits per heavy atom. The number of aryl methyl sites for hydroxylation is 2. The van der Waals surface area contributed by atoms with Gasteiger partial charge in [0.2, 0.25) is 11.8 Å². The lowest BCUT2D eigenvalue weighted by molar-refractivity contribution is -0.126. The summed E-state index contributed by atoms with van der Waals surface area (Å²) < 4.78 is 0. The molecule has 1 saturated heterocycles. The fourth-order valence-electron chi connectivity index (χ4n) is 1.79. The van der Waals surface area contributed by atoms with Crippen LogP contribution in [0.15, 0.2) is 6.07 Å². The normalized spacial score (nSPS) is 19.4. The van der Waals surface area contributed by atoms with Crippen LogP contribution in [0.5, 0.6) is 0 Å². The van der Waals surface area contributed by atoms with Gasteiger partial charge in [0, 0.05) is 16.3 Å². The zero-order valence-corrected chi connectivity index (χ0v) is 11.3. The summed E-state index contributed by atoms with van der Waals surface area (Å²) in [7, 11) is 0. The summed E-state index contributed by atoms with van der Waals surface area (Å²) in [5.74, 6) is -0.137. The molecule has 5 nitrogen and oxygen atoms in total. The molecule has 0 aliphatic carbocycles. The Morgan fingerprint density at radius 1 is 1.56 bits per heavy atom. The van der Waals surface area contributed by atoms with E-state index in [9.17, 15) is 9.59 Å². The minimum Gasteiger partial charge on any atom is -0.353 e. The van der Waals surface area contributed by atoms with Crippen LogP contribution in [0.1, 0.15) is 15.3 Å². The second-order valence-corrected chi connectivity index (χ2v) is 5.75. The van der Waals surface area contributed by atoms with Crippen LogP contribution in [-0.2, 0) is 16.1 Å². The van der Waals surface area contributed by atoms with E-state index in [2.05, 4.69) is 35.9 Å². The highest BCUT2D eigenvalue weighted by molar-refractivity contribution is 7.12. The lowest BCUT2D eigenvalue weighted by Gasteiger charge is -2.22. The second kappa shape index (κ2) is 5.49. The molecule has 1 aromatic heterocycles. The first kappa shape index (κ1) is 13.0. The minimum atomic E-state index is -0.329. The molecule has 1 atom stereocenters. The first-order valence-electron chi connectivity index (χ1n) is 5.90. The van der Waals surface area contributed by atoms with Crippen molar-refractivity contribution in [2.75, 3.05) is 13.1 Å². The Morgan fingerprint density at radius 2 is 2.33 bits per heavy atom. The number of piperazine rings is 1. The molecule has 0 bridgehead atoms. The second-order valence-electron chi connectivity index (χ2n) is 4.41. The van der Waals surface area contributed by atoms with Crippen molar-refractivity contribution in [1.82, 2.24) is 16.0 Å². The molecular weight excluding hydrogens is 250 g/mol. The van der Waals surface area contributed by atoms with Gasteiger partial charge < -0.3 is 10.6 Å². The molecule has 0 spiro atoms. The van der Waals surface area contributed by atoms with E-state index in [1.165, 1.54) is 10.4 Å². The third-order valence-corrected chi connectivity index (χ3v) is 4.14. The van der Waals surface area contributed by atoms with Gasteiger partial charge in [0.1, 0.15) is 6.04 Å². The third-order valence-electron chi connectivity index (χ3n) is 2.98. The highest BCUT2D eigenvalue weighted by Gasteiger charge is 2.23. The maximum Gasteiger partial charge on any atom is 0.239 e. The molecule has 1 unspecified atom stereocenters. The molecule has 1 aromatic rings. The minimum absolute atomic E-state index is 0.0662. The molecule has 1 aliphatic rings. The fraction of sp³-hybridized carbons (Fsp3) is 0.500. The Bertz CT molecular complexity index is 440. The van der Waals surface area contributed by atoms with Crippen molar-refractivity contribution < 1.29 is 9.59 Å². The quantitative estimate of drug-likeness (QED) is 0.726. The maximum atomic E-state index is 11.8. The smallest absolute Gasteiger partial charge is 0.239 e. The summed E-state index contributed by atoms with van der Waals surface area (Å²) in [6, 6.07) is 1.76. The van der Waals surface area contributed by atoms with Gasteiger partial charge in [-0.2, -0.15) is 0 Å². The van der Waals surface area contributed by atoms with Crippen LogP contribution in [0.25, 0.3) is 0 Å². The average Bonchev–Trinajstić information content (AvgIpc) is 2.67. The third kappa shape index (κ3) is 3.08. The number of carbonyl (C=O) groups excluding carboxylic acids is 2. The molecule has 98 valence electrons. The van der Waals surface area contributed by atoms with Gasteiger partial charge in [0.25, 0.3) is 0 Å². The molecule has 3 N–H and O–H groups in total. The summed E-state index contributed by atoms with van der Waals surface area (Å²) in [5.41, 5.74) is 1.26. The number of thiophene rings is 1. The van der Waals surface area contributed by atoms with E-state index in [1.54, 1.807) is 11.3 Å². The van der Waals surface area contributed by atoms with Crippen LogP contribution in [0, 0.1) is 13.8 Å². The number of carbonyl (C=O) groups is 2. The van der Waals surface area contributed by atoms with Gasteiger partial charge in [-0.25, -0.2) is 0 Å². The molecule has 0 radical (unpaired) electrons. The highest BCUT2D eigenvalue weighted by Crippen LogP contribution is 2.20. The van der Waals surface area contributed by atoms with Gasteiger partial charge in [0.05, 0.1) is 13.1 Å². The summed E-state index contributed by atoms with van der Waals surface area (Å²) in [4.78, 5) is 25.2. The predicted octanol–water partition coefficient (Wildman–Crippen LogP) is 0.0691. The standard InChI is InChI=1S/C12H17N3O2S/c1-7-3-9(18-8(7)2)4-15-12(17)10-5-14-11(16)6-13-10/h3,10,13H,4-6H2,1-2H3,(H,14,16)(H,15,17). The topological polar surface area (TPSA) is 70.2 Å². The number of rotatable bonds is 3. The van der Waals surface area contributed by atoms with E-state index in [0.717, 1.165) is 4.88 Å². The highest BCUT2D eigenvalue weighted by atomic mass is 32.1. The molecule has 6 heteroatoms. The Labute approximate surface area is 110 Å². The monoisotopic (exact) mass is 267 g/mol. The van der Waals surface area contributed by atoms with Crippen molar-refractivity contribution in [3.8, 4) is 0 Å². The van der Waals surface area contributed by atoms with Crippen LogP contribution in [-0.4, -0.2) is 30.9 Å². The zero-order chi connectivity index (χ0) is 13.1. The van der Waals surface area contributed by atoms with Gasteiger partial charge in [-0.3, -0.25) is 14.9 Å². The fourth-order valence-corrected chi connectivity index (χ4v) is 2.78. The molecule has 0 aromatic carbocycles. The molecule has 18 heavy (non-hydrogen) atoms. The first-order valence-corrected chi connectivity index (χ1v) is 6.71. The number of amides is 2. The molecule has 2 amide bonds. The van der Waals surface area contributed by atoms with Gasteiger partial charge in [-0.15, -0.1) is 11.3 Å². The van der Waals surface area contributed by atoms with E-state index in [1.807, 2.05) is 0 Å². The van der Waals surface area contributed by atoms with E-state index in [0.29, 0.717) is 13.1 Å². The molecule has 0 saturated carbocycles. The Hall–Kier alpha value is -1.40. The molecule has 1 aliphatic heterocycles. The van der Waals surface area contributed by atoms with Crippen molar-refractivity contribution in [2.45, 2.75) is 26.4 Å². The SMILES string of the molecule is Cc1cc(CNC(=O)C2CNC(=O)CN2)sc1C. The van der Waals surface area contributed by atoms with Crippen molar-refractivity contribution in [3.63, 3.8) is 0 Å². The summed E-state index contributed by atoms with van der Waals surface area (Å²) in [6.07, 6.45) is 0. The van der Waals surface area contributed by atoms with Crippen molar-refractivity contribution in [2.24, 2.45) is 0 Å². The van der Waals surface area contributed by atoms with Crippen LogP contribution in [0.4, 0.5) is 0 Å². The molecular formula is C12H17N3O2S. The van der Waals surface area contributed by atoms with Crippen LogP contribution in [0.2, 0.25) is 0 Å². The van der Waals surface area contributed by atoms with Crippen molar-refractivity contribution in [3.05, 3.63) is 21.4 Å². The summed E-state index contributed by atoms with van der Waals surface area (Å²) in [6.45, 7) is 5.24. The maximum absolute atomic E-state index is 11.8. The van der Waals surface area contributed by atoms with Gasteiger partial charge in [0.15, 0.2) is 0 Å². The summed E-state index contributed by atoms with van der Waals surface area (Å²) in [5, 5.41) is 8.45. The van der Waals surface area contributed by atoms with Gasteiger partial charge in [-0.05, 0) is 25.5 Å². The van der Waals surface area contributed by atoms with E-state index >= 15 is 0 Å². The van der Waals surface area contributed by atoms with Gasteiger partial charge >= 0.3 is 0 Å².